The van der Waals surface area contributed by atoms with E-state index in [0.717, 1.165) is 71.2 Å². The van der Waals surface area contributed by atoms with Crippen molar-refractivity contribution in [2.24, 2.45) is 10.9 Å². The van der Waals surface area contributed by atoms with Crippen molar-refractivity contribution in [2.45, 2.75) is 25.7 Å². The van der Waals surface area contributed by atoms with Gasteiger partial charge in [-0.25, -0.2) is 0 Å². The summed E-state index contributed by atoms with van der Waals surface area (Å²) in [5, 5.41) is 6.72. The quantitative estimate of drug-likeness (QED) is 0.353. The fourth-order valence-electron chi connectivity index (χ4n) is 3.03. The number of ether oxygens (including phenoxy) is 2. The molecule has 1 heterocycles. The molecule has 6 heteroatoms. The minimum absolute atomic E-state index is 0.589. The van der Waals surface area contributed by atoms with Crippen LogP contribution in [0.2, 0.25) is 0 Å². The van der Waals surface area contributed by atoms with Crippen molar-refractivity contribution in [1.82, 2.24) is 10.6 Å². The van der Waals surface area contributed by atoms with E-state index in [0.29, 0.717) is 5.92 Å². The molecule has 27 heavy (non-hydrogen) atoms. The molecule has 1 atom stereocenters. The Bertz CT molecular complexity index is 540. The van der Waals surface area contributed by atoms with Crippen LogP contribution in [0.3, 0.4) is 0 Å². The van der Waals surface area contributed by atoms with Crippen LogP contribution >= 0.6 is 0 Å². The largest absolute Gasteiger partial charge is 0.381 e. The van der Waals surface area contributed by atoms with Crippen LogP contribution in [-0.4, -0.2) is 66.6 Å². The summed E-state index contributed by atoms with van der Waals surface area (Å²) in [6.45, 7) is 5.12. The third-order valence-corrected chi connectivity index (χ3v) is 4.75. The Morgan fingerprint density at radius 1 is 1.19 bits per heavy atom. The normalized spacial score (nSPS) is 17.1. The lowest BCUT2D eigenvalue weighted by Crippen LogP contribution is -2.38. The van der Waals surface area contributed by atoms with Crippen LogP contribution in [0.15, 0.2) is 29.3 Å². The first kappa shape index (κ1) is 21.5. The molecule has 2 N–H and O–H groups in total. The lowest BCUT2D eigenvalue weighted by Gasteiger charge is -2.14. The van der Waals surface area contributed by atoms with Crippen LogP contribution in [0, 0.1) is 5.92 Å². The predicted octanol–water partition coefficient (Wildman–Crippen LogP) is 2.29. The van der Waals surface area contributed by atoms with Gasteiger partial charge in [0, 0.05) is 59.1 Å². The fourth-order valence-corrected chi connectivity index (χ4v) is 3.03. The van der Waals surface area contributed by atoms with Crippen molar-refractivity contribution >= 4 is 11.6 Å². The molecule has 0 saturated carbocycles. The lowest BCUT2D eigenvalue weighted by molar-refractivity contribution is 0.0888. The minimum atomic E-state index is 0.589. The second-order valence-corrected chi connectivity index (χ2v) is 7.25. The van der Waals surface area contributed by atoms with E-state index in [9.17, 15) is 0 Å². The van der Waals surface area contributed by atoms with Crippen molar-refractivity contribution in [1.29, 1.82) is 0 Å². The number of nitrogens with one attached hydrogen (secondary N) is 2. The van der Waals surface area contributed by atoms with E-state index >= 15 is 0 Å². The Balaban J connectivity index is 1.49. The number of aliphatic imine (C=N–C) groups is 1. The van der Waals surface area contributed by atoms with E-state index in [1.54, 1.807) is 0 Å². The van der Waals surface area contributed by atoms with Crippen molar-refractivity contribution in [3.05, 3.63) is 29.8 Å². The second-order valence-electron chi connectivity index (χ2n) is 7.25. The molecule has 0 bridgehead atoms. The fraction of sp³-hybridized carbons (Fsp3) is 0.667. The van der Waals surface area contributed by atoms with Gasteiger partial charge >= 0.3 is 0 Å². The van der Waals surface area contributed by atoms with Crippen LogP contribution in [0.25, 0.3) is 0 Å². The topological polar surface area (TPSA) is 58.1 Å². The van der Waals surface area contributed by atoms with E-state index in [-0.39, 0.29) is 0 Å². The third-order valence-electron chi connectivity index (χ3n) is 4.75. The number of anilines is 1. The number of benzene rings is 1. The SMILES string of the molecule is CN=C(NCCCOCC1CCOC1)NCCCc1ccc(N(C)C)cc1. The molecule has 1 fully saturated rings. The second kappa shape index (κ2) is 12.6. The summed E-state index contributed by atoms with van der Waals surface area (Å²) in [5.74, 6) is 1.45. The minimum Gasteiger partial charge on any atom is -0.381 e. The molecule has 1 aromatic rings. The first-order valence-corrected chi connectivity index (χ1v) is 10.1. The van der Waals surface area contributed by atoms with Gasteiger partial charge in [0.25, 0.3) is 0 Å². The van der Waals surface area contributed by atoms with E-state index in [1.165, 1.54) is 11.3 Å². The molecule has 0 radical (unpaired) electrons. The molecule has 1 aliphatic heterocycles. The number of aryl methyl sites for hydroxylation is 1. The zero-order valence-electron chi connectivity index (χ0n) is 17.2. The highest BCUT2D eigenvalue weighted by Crippen LogP contribution is 2.13. The molecular weight excluding hydrogens is 340 g/mol. The molecule has 152 valence electrons. The zero-order valence-corrected chi connectivity index (χ0v) is 17.2. The van der Waals surface area contributed by atoms with Gasteiger partial charge in [-0.15, -0.1) is 0 Å². The van der Waals surface area contributed by atoms with Crippen molar-refractivity contribution in [3.8, 4) is 0 Å². The number of guanidine groups is 1. The summed E-state index contributed by atoms with van der Waals surface area (Å²) in [6, 6.07) is 8.76. The zero-order chi connectivity index (χ0) is 19.3. The third kappa shape index (κ3) is 8.63. The summed E-state index contributed by atoms with van der Waals surface area (Å²) < 4.78 is 11.1. The van der Waals surface area contributed by atoms with Crippen LogP contribution in [-0.2, 0) is 15.9 Å². The molecule has 0 amide bonds. The molecule has 1 aliphatic rings. The Hall–Kier alpha value is -1.79. The molecule has 0 aliphatic carbocycles. The number of rotatable bonds is 11. The van der Waals surface area contributed by atoms with Gasteiger partial charge in [-0.05, 0) is 43.4 Å². The Morgan fingerprint density at radius 2 is 1.93 bits per heavy atom. The van der Waals surface area contributed by atoms with E-state index in [2.05, 4.69) is 58.9 Å². The number of hydrogen-bond donors (Lipinski definition) is 2. The molecule has 6 nitrogen and oxygen atoms in total. The maximum Gasteiger partial charge on any atom is 0.190 e. The smallest absolute Gasteiger partial charge is 0.190 e. The van der Waals surface area contributed by atoms with E-state index < -0.39 is 0 Å². The Morgan fingerprint density at radius 3 is 2.56 bits per heavy atom. The standard InChI is InChI=1S/C21H36N4O2/c1-22-21(24-13-5-14-26-16-19-11-15-27-17-19)23-12-4-6-18-7-9-20(10-8-18)25(2)3/h7-10,19H,4-6,11-17H2,1-3H3,(H2,22,23,24). The van der Waals surface area contributed by atoms with E-state index in [1.807, 2.05) is 7.05 Å². The van der Waals surface area contributed by atoms with Crippen LogP contribution in [0.5, 0.6) is 0 Å². The van der Waals surface area contributed by atoms with Gasteiger partial charge in [0.15, 0.2) is 5.96 Å². The first-order chi connectivity index (χ1) is 13.2. The molecule has 2 rings (SSSR count). The first-order valence-electron chi connectivity index (χ1n) is 10.1. The molecule has 0 spiro atoms. The summed E-state index contributed by atoms with van der Waals surface area (Å²) in [5.41, 5.74) is 2.61. The molecule has 1 aromatic carbocycles. The summed E-state index contributed by atoms with van der Waals surface area (Å²) in [7, 11) is 5.94. The molecule has 0 aromatic heterocycles. The van der Waals surface area contributed by atoms with Gasteiger partial charge in [-0.2, -0.15) is 0 Å². The van der Waals surface area contributed by atoms with Gasteiger partial charge in [0.1, 0.15) is 0 Å². The molecule has 1 unspecified atom stereocenters. The highest BCUT2D eigenvalue weighted by molar-refractivity contribution is 5.79. The average Bonchev–Trinajstić information content (AvgIpc) is 3.20. The lowest BCUT2D eigenvalue weighted by atomic mass is 10.1. The summed E-state index contributed by atoms with van der Waals surface area (Å²) in [6.07, 6.45) is 4.26. The summed E-state index contributed by atoms with van der Waals surface area (Å²) in [4.78, 5) is 6.40. The van der Waals surface area contributed by atoms with Crippen molar-refractivity contribution < 1.29 is 9.47 Å². The van der Waals surface area contributed by atoms with Gasteiger partial charge in [-0.1, -0.05) is 12.1 Å². The van der Waals surface area contributed by atoms with Gasteiger partial charge in [0.05, 0.1) is 13.2 Å². The maximum absolute atomic E-state index is 5.72. The van der Waals surface area contributed by atoms with Crippen LogP contribution in [0.4, 0.5) is 5.69 Å². The van der Waals surface area contributed by atoms with Gasteiger partial charge in [-0.3, -0.25) is 4.99 Å². The predicted molar refractivity (Wildman–Crippen MR) is 113 cm³/mol. The van der Waals surface area contributed by atoms with Crippen LogP contribution in [0.1, 0.15) is 24.8 Å². The van der Waals surface area contributed by atoms with Gasteiger partial charge in [0.2, 0.25) is 0 Å². The van der Waals surface area contributed by atoms with E-state index in [4.69, 9.17) is 9.47 Å². The van der Waals surface area contributed by atoms with Gasteiger partial charge < -0.3 is 25.0 Å². The number of hydrogen-bond acceptors (Lipinski definition) is 4. The Labute approximate surface area is 164 Å². The number of nitrogens with zero attached hydrogens (tertiary/aromatic N) is 2. The van der Waals surface area contributed by atoms with Crippen molar-refractivity contribution in [2.75, 3.05) is 65.6 Å². The molecule has 1 saturated heterocycles. The highest BCUT2D eigenvalue weighted by atomic mass is 16.5. The van der Waals surface area contributed by atoms with Crippen LogP contribution < -0.4 is 15.5 Å². The maximum atomic E-state index is 5.72. The average molecular weight is 377 g/mol. The molecular formula is C21H36N4O2. The monoisotopic (exact) mass is 376 g/mol. The Kier molecular flexibility index (Phi) is 10.0. The van der Waals surface area contributed by atoms with Crippen molar-refractivity contribution in [3.63, 3.8) is 0 Å². The summed E-state index contributed by atoms with van der Waals surface area (Å²) >= 11 is 0. The highest BCUT2D eigenvalue weighted by Gasteiger charge is 2.15.